The van der Waals surface area contributed by atoms with Crippen LogP contribution in [-0.4, -0.2) is 19.5 Å². The molecule has 0 radical (unpaired) electrons. The van der Waals surface area contributed by atoms with E-state index in [1.807, 2.05) is 36.4 Å². The summed E-state index contributed by atoms with van der Waals surface area (Å²) in [4.78, 5) is 15.8. The Bertz CT molecular complexity index is 3880. The molecule has 0 atom stereocenters. The first kappa shape index (κ1) is 39.2. The molecule has 0 aliphatic rings. The van der Waals surface area contributed by atoms with Crippen molar-refractivity contribution in [1.82, 2.24) is 19.5 Å². The van der Waals surface area contributed by atoms with Gasteiger partial charge < -0.3 is 8.98 Å². The maximum absolute atomic E-state index is 6.93. The van der Waals surface area contributed by atoms with E-state index in [9.17, 15) is 0 Å². The zero-order valence-electron chi connectivity index (χ0n) is 36.8. The number of rotatable bonds is 8. The van der Waals surface area contributed by atoms with E-state index in [0.717, 1.165) is 105 Å². The number of aromatic nitrogens is 4. The van der Waals surface area contributed by atoms with Gasteiger partial charge in [-0.25, -0.2) is 15.0 Å². The van der Waals surface area contributed by atoms with Crippen molar-refractivity contribution in [2.75, 3.05) is 0 Å². The van der Waals surface area contributed by atoms with Gasteiger partial charge in [-0.15, -0.1) is 0 Å². The van der Waals surface area contributed by atoms with Crippen molar-refractivity contribution >= 4 is 43.7 Å². The Hall–Kier alpha value is -9.19. The number of hydrogen-bond donors (Lipinski definition) is 0. The topological polar surface area (TPSA) is 56.7 Å². The Morgan fingerprint density at radius 2 is 0.838 bits per heavy atom. The van der Waals surface area contributed by atoms with Crippen LogP contribution in [-0.2, 0) is 0 Å². The van der Waals surface area contributed by atoms with E-state index in [2.05, 4.69) is 211 Å². The van der Waals surface area contributed by atoms with Crippen LogP contribution in [0.5, 0.6) is 0 Å². The molecule has 0 saturated heterocycles. The molecule has 318 valence electrons. The van der Waals surface area contributed by atoms with Crippen LogP contribution >= 0.6 is 0 Å². The third kappa shape index (κ3) is 6.68. The molecule has 13 rings (SSSR count). The number of fused-ring (bicyclic) bond motifs is 7. The average molecular weight is 869 g/mol. The molecule has 13 aromatic rings. The molecule has 0 aliphatic carbocycles. The maximum atomic E-state index is 6.93. The van der Waals surface area contributed by atoms with Gasteiger partial charge in [0.1, 0.15) is 5.58 Å². The highest BCUT2D eigenvalue weighted by molar-refractivity contribution is 6.22. The third-order valence-corrected chi connectivity index (χ3v) is 13.1. The van der Waals surface area contributed by atoms with Crippen LogP contribution < -0.4 is 0 Å². The van der Waals surface area contributed by atoms with Gasteiger partial charge in [0.25, 0.3) is 0 Å². The molecule has 0 spiro atoms. The lowest BCUT2D eigenvalue weighted by molar-refractivity contribution is 0.671. The number of hydrogen-bond acceptors (Lipinski definition) is 4. The standard InChI is InChI=1S/C63H40N4O/c1-6-19-41(20-7-1)49-30-18-31-50(42-21-8-2-9-22-42)58(49)46-33-35-48(55(40-46)63-65-61(43-23-10-3-11-24-43)64-62(66-63)44-25-12-4-13-26-44)45-34-38-57-54(39-45)53-37-36-52-51-29-16-17-32-56(51)67(59(52)60(53)68-57)47-27-14-5-15-28-47/h1-40H. The van der Waals surface area contributed by atoms with Gasteiger partial charge >= 0.3 is 0 Å². The lowest BCUT2D eigenvalue weighted by Gasteiger charge is -2.19. The maximum Gasteiger partial charge on any atom is 0.164 e. The van der Waals surface area contributed by atoms with Gasteiger partial charge in [0.15, 0.2) is 23.1 Å². The summed E-state index contributed by atoms with van der Waals surface area (Å²) in [7, 11) is 0. The molecular weight excluding hydrogens is 829 g/mol. The molecule has 10 aromatic carbocycles. The quantitative estimate of drug-likeness (QED) is 0.153. The monoisotopic (exact) mass is 868 g/mol. The molecule has 0 N–H and O–H groups in total. The largest absolute Gasteiger partial charge is 0.454 e. The van der Waals surface area contributed by atoms with Crippen molar-refractivity contribution in [3.8, 4) is 84.4 Å². The van der Waals surface area contributed by atoms with Gasteiger partial charge in [0.05, 0.1) is 11.0 Å². The van der Waals surface area contributed by atoms with Crippen LogP contribution in [0.3, 0.4) is 0 Å². The second-order valence-electron chi connectivity index (χ2n) is 17.1. The summed E-state index contributed by atoms with van der Waals surface area (Å²) in [6, 6.07) is 85.2. The number of nitrogens with zero attached hydrogens (tertiary/aromatic N) is 4. The van der Waals surface area contributed by atoms with Gasteiger partial charge in [-0.1, -0.05) is 200 Å². The van der Waals surface area contributed by atoms with Crippen molar-refractivity contribution in [1.29, 1.82) is 0 Å². The molecule has 3 heterocycles. The van der Waals surface area contributed by atoms with E-state index in [0.29, 0.717) is 17.5 Å². The molecule has 68 heavy (non-hydrogen) atoms. The number of benzene rings is 10. The highest BCUT2D eigenvalue weighted by Gasteiger charge is 2.23. The Balaban J connectivity index is 1.08. The zero-order chi connectivity index (χ0) is 45.0. The minimum atomic E-state index is 0.583. The van der Waals surface area contributed by atoms with E-state index in [1.165, 1.54) is 5.39 Å². The fraction of sp³-hybridized carbons (Fsp3) is 0. The fourth-order valence-electron chi connectivity index (χ4n) is 9.94. The van der Waals surface area contributed by atoms with Crippen molar-refractivity contribution < 1.29 is 4.42 Å². The predicted molar refractivity (Wildman–Crippen MR) is 279 cm³/mol. The highest BCUT2D eigenvalue weighted by atomic mass is 16.3. The van der Waals surface area contributed by atoms with Crippen LogP contribution in [0.1, 0.15) is 0 Å². The van der Waals surface area contributed by atoms with Gasteiger partial charge in [0, 0.05) is 43.9 Å². The van der Waals surface area contributed by atoms with Crippen LogP contribution in [0.2, 0.25) is 0 Å². The first-order valence-electron chi connectivity index (χ1n) is 22.9. The molecule has 0 unspecified atom stereocenters. The molecule has 5 nitrogen and oxygen atoms in total. The summed E-state index contributed by atoms with van der Waals surface area (Å²) < 4.78 is 9.26. The summed E-state index contributed by atoms with van der Waals surface area (Å²) in [5.74, 6) is 1.79. The SMILES string of the molecule is c1ccc(-c2nc(-c3ccccc3)nc(-c3cc(-c4c(-c5ccccc5)cccc4-c4ccccc4)ccc3-c3ccc4oc5c(ccc6c7ccccc7n(-c7ccccc7)c65)c4c3)n2)cc1. The van der Waals surface area contributed by atoms with Crippen LogP contribution in [0.15, 0.2) is 247 Å². The second-order valence-corrected chi connectivity index (χ2v) is 17.1. The summed E-state index contributed by atoms with van der Waals surface area (Å²) in [5.41, 5.74) is 16.4. The zero-order valence-corrected chi connectivity index (χ0v) is 36.8. The number of furan rings is 1. The van der Waals surface area contributed by atoms with Crippen molar-refractivity contribution in [3.05, 3.63) is 243 Å². The average Bonchev–Trinajstić information content (AvgIpc) is 3.97. The van der Waals surface area contributed by atoms with E-state index in [4.69, 9.17) is 19.4 Å². The van der Waals surface area contributed by atoms with Gasteiger partial charge in [-0.3, -0.25) is 0 Å². The van der Waals surface area contributed by atoms with E-state index in [1.54, 1.807) is 0 Å². The predicted octanol–water partition coefficient (Wildman–Crippen LogP) is 16.5. The molecule has 5 heteroatoms. The van der Waals surface area contributed by atoms with Crippen molar-refractivity contribution in [3.63, 3.8) is 0 Å². The third-order valence-electron chi connectivity index (χ3n) is 13.1. The summed E-state index contributed by atoms with van der Waals surface area (Å²) in [6.45, 7) is 0. The summed E-state index contributed by atoms with van der Waals surface area (Å²) in [6.07, 6.45) is 0. The molecular formula is C63H40N4O. The summed E-state index contributed by atoms with van der Waals surface area (Å²) >= 11 is 0. The van der Waals surface area contributed by atoms with Gasteiger partial charge in [-0.05, 0) is 87.0 Å². The van der Waals surface area contributed by atoms with Crippen LogP contribution in [0.25, 0.3) is 128 Å². The Morgan fingerprint density at radius 3 is 1.47 bits per heavy atom. The molecule has 0 bridgehead atoms. The highest BCUT2D eigenvalue weighted by Crippen LogP contribution is 2.45. The summed E-state index contributed by atoms with van der Waals surface area (Å²) in [5, 5.41) is 4.42. The van der Waals surface area contributed by atoms with E-state index < -0.39 is 0 Å². The second kappa shape index (κ2) is 16.4. The first-order valence-corrected chi connectivity index (χ1v) is 22.9. The smallest absolute Gasteiger partial charge is 0.164 e. The first-order chi connectivity index (χ1) is 33.7. The number of para-hydroxylation sites is 2. The molecule has 0 amide bonds. The van der Waals surface area contributed by atoms with Crippen LogP contribution in [0, 0.1) is 0 Å². The molecule has 0 saturated carbocycles. The molecule has 0 fully saturated rings. The molecule has 0 aliphatic heterocycles. The minimum absolute atomic E-state index is 0.583. The van der Waals surface area contributed by atoms with Gasteiger partial charge in [-0.2, -0.15) is 0 Å². The molecule has 3 aromatic heterocycles. The van der Waals surface area contributed by atoms with E-state index >= 15 is 0 Å². The Kier molecular flexibility index (Phi) is 9.43. The normalized spacial score (nSPS) is 11.5. The minimum Gasteiger partial charge on any atom is -0.454 e. The van der Waals surface area contributed by atoms with Gasteiger partial charge in [0.2, 0.25) is 0 Å². The van der Waals surface area contributed by atoms with Crippen LogP contribution in [0.4, 0.5) is 0 Å². The van der Waals surface area contributed by atoms with E-state index in [-0.39, 0.29) is 0 Å². The lowest BCUT2D eigenvalue weighted by atomic mass is 9.85. The lowest BCUT2D eigenvalue weighted by Crippen LogP contribution is -2.01. The Labute approximate surface area is 392 Å². The Morgan fingerprint density at radius 1 is 0.309 bits per heavy atom. The van der Waals surface area contributed by atoms with Crippen molar-refractivity contribution in [2.24, 2.45) is 0 Å². The fourth-order valence-corrected chi connectivity index (χ4v) is 9.94. The van der Waals surface area contributed by atoms with Crippen molar-refractivity contribution in [2.45, 2.75) is 0 Å².